The van der Waals surface area contributed by atoms with Gasteiger partial charge in [0.15, 0.2) is 9.54 Å². The van der Waals surface area contributed by atoms with Crippen LogP contribution in [0.5, 0.6) is 11.5 Å². The molecule has 20 heavy (non-hydrogen) atoms. The van der Waals surface area contributed by atoms with Gasteiger partial charge in [-0.05, 0) is 31.4 Å². The van der Waals surface area contributed by atoms with E-state index in [4.69, 9.17) is 49.3 Å². The molecule has 0 N–H and O–H groups in total. The van der Waals surface area contributed by atoms with Crippen LogP contribution in [0.2, 0.25) is 0 Å². The number of fused-ring (bicyclic) bond motifs is 1. The van der Waals surface area contributed by atoms with Gasteiger partial charge in [-0.1, -0.05) is 47.6 Å². The predicted octanol–water partition coefficient (Wildman–Crippen LogP) is 5.21. The Morgan fingerprint density at radius 2 is 1.90 bits per heavy atom. The van der Waals surface area contributed by atoms with Gasteiger partial charge in [0.05, 0.1) is 6.61 Å². The molecular formula is C14H17Cl3O3. The first kappa shape index (κ1) is 16.0. The molecule has 0 saturated carbocycles. The highest BCUT2D eigenvalue weighted by Gasteiger charge is 2.18. The Bertz CT molecular complexity index is 432. The Morgan fingerprint density at radius 1 is 1.10 bits per heavy atom. The highest BCUT2D eigenvalue weighted by molar-refractivity contribution is 6.67. The maximum Gasteiger partial charge on any atom is 0.190 e. The van der Waals surface area contributed by atoms with Crippen LogP contribution >= 0.6 is 34.8 Å². The summed E-state index contributed by atoms with van der Waals surface area (Å²) >= 11 is 17.1. The molecule has 0 unspecified atom stereocenters. The van der Waals surface area contributed by atoms with Gasteiger partial charge in [-0.3, -0.25) is 0 Å². The van der Waals surface area contributed by atoms with Crippen LogP contribution in [0.25, 0.3) is 0 Å². The summed E-state index contributed by atoms with van der Waals surface area (Å²) in [6, 6.07) is 5.74. The van der Waals surface area contributed by atoms with Gasteiger partial charge in [0, 0.05) is 11.6 Å². The monoisotopic (exact) mass is 338 g/mol. The van der Waals surface area contributed by atoms with Crippen molar-refractivity contribution in [3.05, 3.63) is 23.8 Å². The van der Waals surface area contributed by atoms with Crippen molar-refractivity contribution in [2.24, 2.45) is 0 Å². The molecule has 3 nitrogen and oxygen atoms in total. The van der Waals surface area contributed by atoms with Crippen LogP contribution in [0.4, 0.5) is 0 Å². The SMILES string of the molecule is ClC(Cl)(Cl)CCCCCCOc1ccc2c(c1)OOC2. The molecule has 0 aliphatic carbocycles. The van der Waals surface area contributed by atoms with Crippen molar-refractivity contribution in [1.29, 1.82) is 0 Å². The molecule has 0 spiro atoms. The number of benzene rings is 1. The fourth-order valence-corrected chi connectivity index (χ4v) is 2.35. The second-order valence-corrected chi connectivity index (χ2v) is 7.26. The van der Waals surface area contributed by atoms with E-state index >= 15 is 0 Å². The smallest absolute Gasteiger partial charge is 0.190 e. The van der Waals surface area contributed by atoms with Crippen molar-refractivity contribution < 1.29 is 14.5 Å². The second kappa shape index (κ2) is 7.60. The summed E-state index contributed by atoms with van der Waals surface area (Å²) in [4.78, 5) is 9.89. The molecule has 0 fully saturated rings. The molecule has 2 rings (SSSR count). The van der Waals surface area contributed by atoms with Crippen molar-refractivity contribution in [1.82, 2.24) is 0 Å². The maximum absolute atomic E-state index is 5.68. The first-order chi connectivity index (χ1) is 9.54. The van der Waals surface area contributed by atoms with Crippen molar-refractivity contribution in [3.63, 3.8) is 0 Å². The van der Waals surface area contributed by atoms with E-state index in [2.05, 4.69) is 0 Å². The van der Waals surface area contributed by atoms with Crippen LogP contribution in [0.3, 0.4) is 0 Å². The standard InChI is InChI=1S/C14H17Cl3O3/c15-14(16,17)7-3-1-2-4-8-18-12-6-5-11-10-19-20-13(11)9-12/h5-6,9H,1-4,7-8,10H2. The van der Waals surface area contributed by atoms with Gasteiger partial charge >= 0.3 is 0 Å². The van der Waals surface area contributed by atoms with Crippen molar-refractivity contribution >= 4 is 34.8 Å². The first-order valence-corrected chi connectivity index (χ1v) is 7.80. The average Bonchev–Trinajstić information content (AvgIpc) is 2.83. The summed E-state index contributed by atoms with van der Waals surface area (Å²) < 4.78 is 4.54. The third-order valence-corrected chi connectivity index (χ3v) is 3.59. The highest BCUT2D eigenvalue weighted by atomic mass is 35.6. The highest BCUT2D eigenvalue weighted by Crippen LogP contribution is 2.32. The second-order valence-electron chi connectivity index (χ2n) is 4.74. The molecule has 0 atom stereocenters. The van der Waals surface area contributed by atoms with Gasteiger partial charge in [0.25, 0.3) is 0 Å². The van der Waals surface area contributed by atoms with Gasteiger partial charge in [-0.2, -0.15) is 4.89 Å². The average molecular weight is 340 g/mol. The summed E-state index contributed by atoms with van der Waals surface area (Å²) in [6.45, 7) is 1.17. The number of rotatable bonds is 7. The van der Waals surface area contributed by atoms with E-state index in [9.17, 15) is 0 Å². The van der Waals surface area contributed by atoms with Crippen LogP contribution in [-0.2, 0) is 11.5 Å². The van der Waals surface area contributed by atoms with E-state index in [0.717, 1.165) is 42.7 Å². The minimum atomic E-state index is -1.12. The largest absolute Gasteiger partial charge is 0.493 e. The Labute approximate surface area is 134 Å². The van der Waals surface area contributed by atoms with Crippen LogP contribution in [-0.4, -0.2) is 10.4 Å². The molecule has 1 aromatic carbocycles. The van der Waals surface area contributed by atoms with E-state index in [-0.39, 0.29) is 0 Å². The summed E-state index contributed by atoms with van der Waals surface area (Å²) in [6.07, 6.45) is 4.60. The predicted molar refractivity (Wildman–Crippen MR) is 80.7 cm³/mol. The van der Waals surface area contributed by atoms with E-state index in [0.29, 0.717) is 19.6 Å². The van der Waals surface area contributed by atoms with Crippen molar-refractivity contribution in [2.45, 2.75) is 42.5 Å². The van der Waals surface area contributed by atoms with Gasteiger partial charge < -0.3 is 9.62 Å². The van der Waals surface area contributed by atoms with E-state index in [1.165, 1.54) is 0 Å². The van der Waals surface area contributed by atoms with Crippen molar-refractivity contribution in [2.75, 3.05) is 6.61 Å². The summed E-state index contributed by atoms with van der Waals surface area (Å²) in [5.41, 5.74) is 1.05. The first-order valence-electron chi connectivity index (χ1n) is 6.66. The number of ether oxygens (including phenoxy) is 1. The zero-order valence-corrected chi connectivity index (χ0v) is 13.3. The molecule has 6 heteroatoms. The Kier molecular flexibility index (Phi) is 6.09. The fraction of sp³-hybridized carbons (Fsp3) is 0.571. The van der Waals surface area contributed by atoms with Crippen LogP contribution in [0.15, 0.2) is 18.2 Å². The van der Waals surface area contributed by atoms with Gasteiger partial charge in [-0.15, -0.1) is 0 Å². The third kappa shape index (κ3) is 5.57. The molecule has 0 radical (unpaired) electrons. The van der Waals surface area contributed by atoms with Crippen LogP contribution < -0.4 is 9.62 Å². The minimum Gasteiger partial charge on any atom is -0.493 e. The zero-order chi connectivity index (χ0) is 14.4. The van der Waals surface area contributed by atoms with Gasteiger partial charge in [0.2, 0.25) is 0 Å². The molecular weight excluding hydrogens is 323 g/mol. The van der Waals surface area contributed by atoms with Crippen LogP contribution in [0, 0.1) is 0 Å². The Balaban J connectivity index is 1.57. The van der Waals surface area contributed by atoms with E-state index < -0.39 is 3.79 Å². The number of alkyl halides is 3. The van der Waals surface area contributed by atoms with E-state index in [1.807, 2.05) is 18.2 Å². The summed E-state index contributed by atoms with van der Waals surface area (Å²) in [5, 5.41) is 0. The summed E-state index contributed by atoms with van der Waals surface area (Å²) in [5.74, 6) is 1.54. The molecule has 0 bridgehead atoms. The van der Waals surface area contributed by atoms with E-state index in [1.54, 1.807) is 0 Å². The fourth-order valence-electron chi connectivity index (χ4n) is 1.95. The zero-order valence-electron chi connectivity index (χ0n) is 11.0. The topological polar surface area (TPSA) is 27.7 Å². The maximum atomic E-state index is 5.68. The number of unbranched alkanes of at least 4 members (excludes halogenated alkanes) is 3. The molecule has 1 aromatic rings. The normalized spacial score (nSPS) is 13.9. The lowest BCUT2D eigenvalue weighted by Gasteiger charge is -2.10. The van der Waals surface area contributed by atoms with Gasteiger partial charge in [0.1, 0.15) is 12.4 Å². The Hall–Kier alpha value is -0.350. The third-order valence-electron chi connectivity index (χ3n) is 3.03. The number of hydrogen-bond donors (Lipinski definition) is 0. The van der Waals surface area contributed by atoms with Crippen molar-refractivity contribution in [3.8, 4) is 11.5 Å². The lowest BCUT2D eigenvalue weighted by atomic mass is 10.1. The number of hydrogen-bond acceptors (Lipinski definition) is 3. The summed E-state index contributed by atoms with van der Waals surface area (Å²) in [7, 11) is 0. The molecule has 1 aliphatic heterocycles. The van der Waals surface area contributed by atoms with Gasteiger partial charge in [-0.25, -0.2) is 0 Å². The molecule has 0 saturated heterocycles. The molecule has 0 amide bonds. The number of halogens is 3. The lowest BCUT2D eigenvalue weighted by Crippen LogP contribution is -2.01. The lowest BCUT2D eigenvalue weighted by molar-refractivity contribution is -0.194. The molecule has 0 aromatic heterocycles. The molecule has 1 heterocycles. The quantitative estimate of drug-likeness (QED) is 0.388. The Morgan fingerprint density at radius 3 is 2.70 bits per heavy atom. The molecule has 112 valence electrons. The van der Waals surface area contributed by atoms with Crippen LogP contribution in [0.1, 0.15) is 37.7 Å². The molecule has 1 aliphatic rings. The minimum absolute atomic E-state index is 0.499.